The van der Waals surface area contributed by atoms with Crippen LogP contribution in [0.5, 0.6) is 5.75 Å². The zero-order valence-corrected chi connectivity index (χ0v) is 21.8. The van der Waals surface area contributed by atoms with Crippen LogP contribution in [0, 0.1) is 13.8 Å². The van der Waals surface area contributed by atoms with Gasteiger partial charge in [0, 0.05) is 18.2 Å². The zero-order valence-electron chi connectivity index (χ0n) is 21.0. The lowest BCUT2D eigenvalue weighted by Gasteiger charge is -2.27. The van der Waals surface area contributed by atoms with Gasteiger partial charge in [-0.3, -0.25) is 4.90 Å². The maximum Gasteiger partial charge on any atom is 0.534 e. The first-order chi connectivity index (χ1) is 17.4. The molecule has 0 aliphatic rings. The maximum absolute atomic E-state index is 13.3. The summed E-state index contributed by atoms with van der Waals surface area (Å²) < 4.78 is 68.7. The SMILES string of the molecule is Cc1cc(C)c(-c2c(CN(C)[C@@H](C)c3ccccc3)ccc3ccccc23)c(OS(=O)(=O)C(F)(F)F)c1. The van der Waals surface area contributed by atoms with E-state index in [1.165, 1.54) is 6.07 Å². The molecule has 0 aliphatic carbocycles. The lowest BCUT2D eigenvalue weighted by Crippen LogP contribution is -2.28. The van der Waals surface area contributed by atoms with Gasteiger partial charge in [-0.1, -0.05) is 72.8 Å². The van der Waals surface area contributed by atoms with Crippen LogP contribution in [-0.4, -0.2) is 25.9 Å². The number of alkyl halides is 3. The number of rotatable bonds is 7. The molecule has 4 nitrogen and oxygen atoms in total. The minimum Gasteiger partial charge on any atom is -0.375 e. The van der Waals surface area contributed by atoms with E-state index >= 15 is 0 Å². The van der Waals surface area contributed by atoms with Gasteiger partial charge in [0.15, 0.2) is 5.75 Å². The summed E-state index contributed by atoms with van der Waals surface area (Å²) in [5.41, 5.74) is -1.41. The standard InChI is InChI=1S/C29H28F3NO3S/c1-19-16-20(2)27(26(17-19)36-37(34,35)29(30,31)32)28-24(15-14-23-12-8-9-13-25(23)28)18-33(4)21(3)22-10-6-5-7-11-22/h5-17,21H,18H2,1-4H3/t21-/m0/s1. The van der Waals surface area contributed by atoms with Crippen LogP contribution in [0.1, 0.15) is 35.2 Å². The Labute approximate surface area is 215 Å². The van der Waals surface area contributed by atoms with Crippen molar-refractivity contribution in [2.24, 2.45) is 0 Å². The smallest absolute Gasteiger partial charge is 0.375 e. The van der Waals surface area contributed by atoms with E-state index in [1.807, 2.05) is 79.8 Å². The molecule has 4 aromatic carbocycles. The van der Waals surface area contributed by atoms with Gasteiger partial charge in [0.05, 0.1) is 0 Å². The van der Waals surface area contributed by atoms with Crippen molar-refractivity contribution in [1.82, 2.24) is 4.90 Å². The Morgan fingerprint density at radius 1 is 0.892 bits per heavy atom. The molecule has 0 saturated heterocycles. The Bertz CT molecular complexity index is 1530. The Kier molecular flexibility index (Phi) is 7.35. The molecule has 0 aromatic heterocycles. The average Bonchev–Trinajstić information content (AvgIpc) is 2.83. The molecule has 1 atom stereocenters. The third-order valence-electron chi connectivity index (χ3n) is 6.55. The monoisotopic (exact) mass is 527 g/mol. The molecule has 0 N–H and O–H groups in total. The largest absolute Gasteiger partial charge is 0.534 e. The van der Waals surface area contributed by atoms with Gasteiger partial charge < -0.3 is 4.18 Å². The van der Waals surface area contributed by atoms with Gasteiger partial charge >= 0.3 is 15.6 Å². The third-order valence-corrected chi connectivity index (χ3v) is 7.52. The first-order valence-corrected chi connectivity index (χ1v) is 13.2. The number of nitrogens with zero attached hydrogens (tertiary/aromatic N) is 1. The molecule has 0 bridgehead atoms. The minimum atomic E-state index is -5.86. The first-order valence-electron chi connectivity index (χ1n) is 11.8. The zero-order chi connectivity index (χ0) is 27.0. The summed E-state index contributed by atoms with van der Waals surface area (Å²) in [5.74, 6) is -0.341. The van der Waals surface area contributed by atoms with Gasteiger partial charge in [-0.15, -0.1) is 0 Å². The molecule has 0 saturated carbocycles. The lowest BCUT2D eigenvalue weighted by atomic mass is 9.89. The number of aryl methyl sites for hydroxylation is 2. The predicted molar refractivity (Wildman–Crippen MR) is 141 cm³/mol. The fourth-order valence-electron chi connectivity index (χ4n) is 4.62. The summed E-state index contributed by atoms with van der Waals surface area (Å²) in [7, 11) is -3.89. The summed E-state index contributed by atoms with van der Waals surface area (Å²) >= 11 is 0. The van der Waals surface area contributed by atoms with Crippen molar-refractivity contribution >= 4 is 20.9 Å². The number of halogens is 3. The van der Waals surface area contributed by atoms with Gasteiger partial charge in [0.1, 0.15) is 0 Å². The van der Waals surface area contributed by atoms with Crippen LogP contribution < -0.4 is 4.18 Å². The van der Waals surface area contributed by atoms with Crippen molar-refractivity contribution in [2.75, 3.05) is 7.05 Å². The molecule has 37 heavy (non-hydrogen) atoms. The highest BCUT2D eigenvalue weighted by Crippen LogP contribution is 2.43. The summed E-state index contributed by atoms with van der Waals surface area (Å²) in [5, 5.41) is 1.67. The van der Waals surface area contributed by atoms with E-state index in [4.69, 9.17) is 4.18 Å². The maximum atomic E-state index is 13.3. The molecule has 0 amide bonds. The highest BCUT2D eigenvalue weighted by Gasteiger charge is 2.49. The van der Waals surface area contributed by atoms with Crippen LogP contribution in [0.3, 0.4) is 0 Å². The lowest BCUT2D eigenvalue weighted by molar-refractivity contribution is -0.0499. The van der Waals surface area contributed by atoms with Crippen molar-refractivity contribution in [2.45, 2.75) is 38.9 Å². The quantitative estimate of drug-likeness (QED) is 0.184. The first kappa shape index (κ1) is 26.7. The molecule has 0 radical (unpaired) electrons. The van der Waals surface area contributed by atoms with Crippen molar-refractivity contribution in [3.63, 3.8) is 0 Å². The fourth-order valence-corrected chi connectivity index (χ4v) is 5.08. The summed E-state index contributed by atoms with van der Waals surface area (Å²) in [4.78, 5) is 2.14. The van der Waals surface area contributed by atoms with E-state index in [1.54, 1.807) is 13.8 Å². The highest BCUT2D eigenvalue weighted by atomic mass is 32.2. The Morgan fingerprint density at radius 3 is 2.22 bits per heavy atom. The molecule has 8 heteroatoms. The minimum absolute atomic E-state index is 0.0564. The van der Waals surface area contributed by atoms with Crippen LogP contribution in [0.25, 0.3) is 21.9 Å². The van der Waals surface area contributed by atoms with Gasteiger partial charge in [-0.05, 0) is 72.5 Å². The van der Waals surface area contributed by atoms with Gasteiger partial charge in [0.2, 0.25) is 0 Å². The van der Waals surface area contributed by atoms with E-state index in [0.29, 0.717) is 28.8 Å². The number of hydrogen-bond donors (Lipinski definition) is 0. The topological polar surface area (TPSA) is 46.6 Å². The van der Waals surface area contributed by atoms with Crippen molar-refractivity contribution in [3.8, 4) is 16.9 Å². The number of benzene rings is 4. The van der Waals surface area contributed by atoms with E-state index in [0.717, 1.165) is 21.9 Å². The van der Waals surface area contributed by atoms with Crippen molar-refractivity contribution in [1.29, 1.82) is 0 Å². The normalized spacial score (nSPS) is 13.2. The van der Waals surface area contributed by atoms with E-state index in [2.05, 4.69) is 11.8 Å². The molecular weight excluding hydrogens is 499 g/mol. The predicted octanol–water partition coefficient (Wildman–Crippen LogP) is 7.55. The van der Waals surface area contributed by atoms with Crippen LogP contribution in [-0.2, 0) is 16.7 Å². The summed E-state index contributed by atoms with van der Waals surface area (Å²) in [6, 6.07) is 24.6. The average molecular weight is 528 g/mol. The Hall–Kier alpha value is -3.36. The van der Waals surface area contributed by atoms with Crippen LogP contribution in [0.2, 0.25) is 0 Å². The second-order valence-corrected chi connectivity index (χ2v) is 10.8. The van der Waals surface area contributed by atoms with Gasteiger partial charge in [0.25, 0.3) is 0 Å². The van der Waals surface area contributed by atoms with E-state index in [9.17, 15) is 21.6 Å². The van der Waals surface area contributed by atoms with E-state index in [-0.39, 0.29) is 11.8 Å². The van der Waals surface area contributed by atoms with Crippen LogP contribution >= 0.6 is 0 Å². The molecule has 0 aliphatic heterocycles. The number of hydrogen-bond acceptors (Lipinski definition) is 4. The highest BCUT2D eigenvalue weighted by molar-refractivity contribution is 7.88. The molecule has 194 valence electrons. The summed E-state index contributed by atoms with van der Waals surface area (Å²) in [6.07, 6.45) is 0. The summed E-state index contributed by atoms with van der Waals surface area (Å²) in [6.45, 7) is 5.98. The van der Waals surface area contributed by atoms with Gasteiger partial charge in [-0.2, -0.15) is 21.6 Å². The van der Waals surface area contributed by atoms with Crippen LogP contribution in [0.4, 0.5) is 13.2 Å². The molecule has 0 spiro atoms. The molecule has 0 fully saturated rings. The molecule has 0 heterocycles. The van der Waals surface area contributed by atoms with Crippen molar-refractivity contribution in [3.05, 3.63) is 101 Å². The van der Waals surface area contributed by atoms with Crippen LogP contribution in [0.15, 0.2) is 78.9 Å². The Balaban J connectivity index is 1.91. The van der Waals surface area contributed by atoms with E-state index < -0.39 is 15.6 Å². The molecule has 0 unspecified atom stereocenters. The third kappa shape index (κ3) is 5.50. The van der Waals surface area contributed by atoms with Crippen molar-refractivity contribution < 1.29 is 25.8 Å². The molecule has 4 rings (SSSR count). The molecule has 4 aromatic rings. The second-order valence-electron chi connectivity index (χ2n) is 9.26. The number of fused-ring (bicyclic) bond motifs is 1. The second kappa shape index (κ2) is 10.2. The van der Waals surface area contributed by atoms with Gasteiger partial charge in [-0.25, -0.2) is 0 Å². The molecular formula is C29H28F3NO3S. The fraction of sp³-hybridized carbons (Fsp3) is 0.241. The Morgan fingerprint density at radius 2 is 1.54 bits per heavy atom.